The fraction of sp³-hybridized carbons (Fsp3) is 0.231. The van der Waals surface area contributed by atoms with Crippen molar-refractivity contribution in [3.8, 4) is 17.0 Å². The fourth-order valence-corrected chi connectivity index (χ4v) is 1.81. The smallest absolute Gasteiger partial charge is 0.133 e. The molecule has 0 bridgehead atoms. The first-order valence-electron chi connectivity index (χ1n) is 5.42. The number of halogens is 1. The first kappa shape index (κ1) is 11.9. The first-order chi connectivity index (χ1) is 8.20. The van der Waals surface area contributed by atoms with E-state index in [2.05, 4.69) is 9.97 Å². The lowest BCUT2D eigenvalue weighted by Crippen LogP contribution is -1.93. The summed E-state index contributed by atoms with van der Waals surface area (Å²) in [5, 5.41) is 0.447. The molecule has 0 aliphatic heterocycles. The molecule has 88 valence electrons. The van der Waals surface area contributed by atoms with Crippen LogP contribution < -0.4 is 4.74 Å². The van der Waals surface area contributed by atoms with Gasteiger partial charge in [-0.1, -0.05) is 11.6 Å². The average molecular weight is 249 g/mol. The van der Waals surface area contributed by atoms with Crippen LogP contribution in [0.2, 0.25) is 5.15 Å². The standard InChI is InChI=1S/C13H13ClN2O/c1-3-17-10-4-5-11(9(2)6-10)12-7-13(14)16-8-15-12/h4-8H,3H2,1-2H3. The third-order valence-corrected chi connectivity index (χ3v) is 2.63. The van der Waals surface area contributed by atoms with Crippen LogP contribution in [0.25, 0.3) is 11.3 Å². The van der Waals surface area contributed by atoms with Crippen molar-refractivity contribution in [1.29, 1.82) is 0 Å². The zero-order valence-electron chi connectivity index (χ0n) is 9.77. The molecule has 0 radical (unpaired) electrons. The average Bonchev–Trinajstić information content (AvgIpc) is 2.29. The molecule has 0 N–H and O–H groups in total. The van der Waals surface area contributed by atoms with Crippen molar-refractivity contribution in [3.63, 3.8) is 0 Å². The maximum absolute atomic E-state index is 5.85. The Morgan fingerprint density at radius 2 is 2.06 bits per heavy atom. The van der Waals surface area contributed by atoms with Gasteiger partial charge in [0.1, 0.15) is 17.2 Å². The molecule has 1 heterocycles. The van der Waals surface area contributed by atoms with Crippen molar-refractivity contribution >= 4 is 11.6 Å². The summed E-state index contributed by atoms with van der Waals surface area (Å²) in [4.78, 5) is 8.08. The molecule has 3 nitrogen and oxygen atoms in total. The number of benzene rings is 1. The van der Waals surface area contributed by atoms with Crippen LogP contribution in [0.5, 0.6) is 5.75 Å². The molecule has 0 fully saturated rings. The molecular formula is C13H13ClN2O. The second kappa shape index (κ2) is 5.15. The van der Waals surface area contributed by atoms with Gasteiger partial charge in [0.25, 0.3) is 0 Å². The highest BCUT2D eigenvalue weighted by molar-refractivity contribution is 6.29. The molecule has 0 unspecified atom stereocenters. The Hall–Kier alpha value is -1.61. The largest absolute Gasteiger partial charge is 0.494 e. The highest BCUT2D eigenvalue weighted by atomic mass is 35.5. The number of nitrogens with zero attached hydrogens (tertiary/aromatic N) is 2. The van der Waals surface area contributed by atoms with E-state index < -0.39 is 0 Å². The summed E-state index contributed by atoms with van der Waals surface area (Å²) in [6.45, 7) is 4.65. The molecule has 0 aliphatic rings. The monoisotopic (exact) mass is 248 g/mol. The molecule has 1 aromatic carbocycles. The second-order valence-electron chi connectivity index (χ2n) is 3.64. The van der Waals surface area contributed by atoms with Crippen LogP contribution in [0.1, 0.15) is 12.5 Å². The summed E-state index contributed by atoms with van der Waals surface area (Å²) < 4.78 is 5.44. The molecule has 0 atom stereocenters. The number of rotatable bonds is 3. The normalized spacial score (nSPS) is 10.3. The Balaban J connectivity index is 2.39. The highest BCUT2D eigenvalue weighted by Crippen LogP contribution is 2.26. The van der Waals surface area contributed by atoms with Gasteiger partial charge in [0.05, 0.1) is 12.3 Å². The van der Waals surface area contributed by atoms with Crippen molar-refractivity contribution < 1.29 is 4.74 Å². The quantitative estimate of drug-likeness (QED) is 0.780. The van der Waals surface area contributed by atoms with Crippen molar-refractivity contribution in [2.75, 3.05) is 6.61 Å². The van der Waals surface area contributed by atoms with Gasteiger partial charge in [-0.15, -0.1) is 0 Å². The number of hydrogen-bond acceptors (Lipinski definition) is 3. The minimum Gasteiger partial charge on any atom is -0.494 e. The summed E-state index contributed by atoms with van der Waals surface area (Å²) in [5.41, 5.74) is 2.97. The van der Waals surface area contributed by atoms with Crippen molar-refractivity contribution in [2.45, 2.75) is 13.8 Å². The second-order valence-corrected chi connectivity index (χ2v) is 4.02. The van der Waals surface area contributed by atoms with Crippen LogP contribution in [0.15, 0.2) is 30.6 Å². The van der Waals surface area contributed by atoms with Crippen LogP contribution in [-0.2, 0) is 0 Å². The highest BCUT2D eigenvalue weighted by Gasteiger charge is 2.05. The van der Waals surface area contributed by atoms with Crippen molar-refractivity contribution in [3.05, 3.63) is 41.3 Å². The van der Waals surface area contributed by atoms with Crippen LogP contribution >= 0.6 is 11.6 Å². The molecule has 17 heavy (non-hydrogen) atoms. The van der Waals surface area contributed by atoms with Gasteiger partial charge in [0.15, 0.2) is 0 Å². The lowest BCUT2D eigenvalue weighted by atomic mass is 10.1. The summed E-state index contributed by atoms with van der Waals surface area (Å²) in [6.07, 6.45) is 1.47. The van der Waals surface area contributed by atoms with Gasteiger partial charge in [0, 0.05) is 11.6 Å². The van der Waals surface area contributed by atoms with Gasteiger partial charge in [-0.05, 0) is 37.6 Å². The Bertz CT molecular complexity index is 529. The van der Waals surface area contributed by atoms with Crippen LogP contribution in [0.4, 0.5) is 0 Å². The summed E-state index contributed by atoms with van der Waals surface area (Å²) >= 11 is 5.85. The fourth-order valence-electron chi connectivity index (χ4n) is 1.66. The van der Waals surface area contributed by atoms with Gasteiger partial charge in [-0.2, -0.15) is 0 Å². The Morgan fingerprint density at radius 3 is 2.71 bits per heavy atom. The zero-order valence-corrected chi connectivity index (χ0v) is 10.5. The van der Waals surface area contributed by atoms with E-state index in [4.69, 9.17) is 16.3 Å². The van der Waals surface area contributed by atoms with E-state index in [-0.39, 0.29) is 0 Å². The Labute approximate surface area is 105 Å². The summed E-state index contributed by atoms with van der Waals surface area (Å²) in [7, 11) is 0. The van der Waals surface area contributed by atoms with Gasteiger partial charge >= 0.3 is 0 Å². The van der Waals surface area contributed by atoms with Crippen LogP contribution in [-0.4, -0.2) is 16.6 Å². The SMILES string of the molecule is CCOc1ccc(-c2cc(Cl)ncn2)c(C)c1. The minimum atomic E-state index is 0.447. The van der Waals surface area contributed by atoms with Gasteiger partial charge < -0.3 is 4.74 Å². The van der Waals surface area contributed by atoms with E-state index in [9.17, 15) is 0 Å². The van der Waals surface area contributed by atoms with Crippen LogP contribution in [0, 0.1) is 6.92 Å². The van der Waals surface area contributed by atoms with Crippen LogP contribution in [0.3, 0.4) is 0 Å². The molecule has 2 rings (SSSR count). The van der Waals surface area contributed by atoms with Gasteiger partial charge in [-0.25, -0.2) is 9.97 Å². The number of aryl methyl sites for hydroxylation is 1. The van der Waals surface area contributed by atoms with E-state index in [1.165, 1.54) is 6.33 Å². The molecule has 0 saturated carbocycles. The van der Waals surface area contributed by atoms with E-state index in [1.54, 1.807) is 6.07 Å². The predicted octanol–water partition coefficient (Wildman–Crippen LogP) is 3.50. The Kier molecular flexibility index (Phi) is 3.59. The van der Waals surface area contributed by atoms with Gasteiger partial charge in [0.2, 0.25) is 0 Å². The molecule has 0 spiro atoms. The maximum Gasteiger partial charge on any atom is 0.133 e. The third-order valence-electron chi connectivity index (χ3n) is 2.42. The molecular weight excluding hydrogens is 236 g/mol. The predicted molar refractivity (Wildman–Crippen MR) is 68.4 cm³/mol. The van der Waals surface area contributed by atoms with E-state index >= 15 is 0 Å². The molecule has 2 aromatic rings. The first-order valence-corrected chi connectivity index (χ1v) is 5.80. The van der Waals surface area contributed by atoms with Crippen molar-refractivity contribution in [1.82, 2.24) is 9.97 Å². The van der Waals surface area contributed by atoms with Crippen molar-refractivity contribution in [2.24, 2.45) is 0 Å². The van der Waals surface area contributed by atoms with Gasteiger partial charge in [-0.3, -0.25) is 0 Å². The molecule has 0 aliphatic carbocycles. The lowest BCUT2D eigenvalue weighted by Gasteiger charge is -2.08. The maximum atomic E-state index is 5.85. The number of ether oxygens (including phenoxy) is 1. The lowest BCUT2D eigenvalue weighted by molar-refractivity contribution is 0.340. The molecule has 1 aromatic heterocycles. The third kappa shape index (κ3) is 2.74. The van der Waals surface area contributed by atoms with E-state index in [0.29, 0.717) is 11.8 Å². The molecule has 0 saturated heterocycles. The zero-order chi connectivity index (χ0) is 12.3. The number of aromatic nitrogens is 2. The summed E-state index contributed by atoms with van der Waals surface area (Å²) in [6, 6.07) is 7.67. The minimum absolute atomic E-state index is 0.447. The Morgan fingerprint density at radius 1 is 1.24 bits per heavy atom. The van der Waals surface area contributed by atoms with E-state index in [0.717, 1.165) is 22.6 Å². The van der Waals surface area contributed by atoms with E-state index in [1.807, 2.05) is 32.0 Å². The topological polar surface area (TPSA) is 35.0 Å². The molecule has 4 heteroatoms. The molecule has 0 amide bonds. The summed E-state index contributed by atoms with van der Waals surface area (Å²) in [5.74, 6) is 0.869. The number of hydrogen-bond donors (Lipinski definition) is 0.